The highest BCUT2D eigenvalue weighted by Gasteiger charge is 2.13. The SMILES string of the molecule is Cc1cc(F)ccc1-n1c(N)nc2c(Cl)cccc21. The summed E-state index contributed by atoms with van der Waals surface area (Å²) in [7, 11) is 0. The Kier molecular flexibility index (Phi) is 2.68. The Morgan fingerprint density at radius 3 is 2.79 bits per heavy atom. The van der Waals surface area contributed by atoms with Gasteiger partial charge in [-0.3, -0.25) is 4.57 Å². The van der Waals surface area contributed by atoms with Gasteiger partial charge < -0.3 is 5.73 Å². The summed E-state index contributed by atoms with van der Waals surface area (Å²) in [6.45, 7) is 1.83. The number of hydrogen-bond acceptors (Lipinski definition) is 2. The number of aryl methyl sites for hydroxylation is 1. The van der Waals surface area contributed by atoms with Gasteiger partial charge in [-0.1, -0.05) is 17.7 Å². The fourth-order valence-electron chi connectivity index (χ4n) is 2.21. The highest BCUT2D eigenvalue weighted by atomic mass is 35.5. The van der Waals surface area contributed by atoms with E-state index in [2.05, 4.69) is 4.98 Å². The van der Waals surface area contributed by atoms with E-state index < -0.39 is 0 Å². The minimum atomic E-state index is -0.276. The number of anilines is 1. The molecule has 96 valence electrons. The van der Waals surface area contributed by atoms with E-state index in [1.165, 1.54) is 12.1 Å². The molecule has 2 N–H and O–H groups in total. The minimum Gasteiger partial charge on any atom is -0.369 e. The molecule has 0 radical (unpaired) electrons. The molecule has 3 nitrogen and oxygen atoms in total. The molecule has 0 amide bonds. The van der Waals surface area contributed by atoms with Gasteiger partial charge in [-0.2, -0.15) is 0 Å². The summed E-state index contributed by atoms with van der Waals surface area (Å²) >= 11 is 6.10. The number of fused-ring (bicyclic) bond motifs is 1. The molecule has 0 aliphatic carbocycles. The summed E-state index contributed by atoms with van der Waals surface area (Å²) in [5.41, 5.74) is 8.99. The highest BCUT2D eigenvalue weighted by molar-refractivity contribution is 6.35. The van der Waals surface area contributed by atoms with Crippen LogP contribution in [0, 0.1) is 12.7 Å². The Morgan fingerprint density at radius 1 is 1.26 bits per heavy atom. The molecule has 1 heterocycles. The van der Waals surface area contributed by atoms with Gasteiger partial charge in [0.1, 0.15) is 11.3 Å². The van der Waals surface area contributed by atoms with E-state index in [0.29, 0.717) is 16.5 Å². The molecular weight excluding hydrogens is 265 g/mol. The van der Waals surface area contributed by atoms with Crippen LogP contribution in [0.2, 0.25) is 5.02 Å². The summed E-state index contributed by atoms with van der Waals surface area (Å²) in [5, 5.41) is 0.544. The molecule has 0 aliphatic rings. The molecule has 0 unspecified atom stereocenters. The average Bonchev–Trinajstić information content (AvgIpc) is 2.68. The first-order valence-electron chi connectivity index (χ1n) is 5.77. The van der Waals surface area contributed by atoms with E-state index in [-0.39, 0.29) is 5.82 Å². The zero-order chi connectivity index (χ0) is 13.6. The standard InChI is InChI=1S/C14H11ClFN3/c1-8-7-9(16)5-6-11(8)19-12-4-2-3-10(15)13(12)18-14(19)17/h2-7H,1H3,(H2,17,18). The van der Waals surface area contributed by atoms with Gasteiger partial charge in [0.05, 0.1) is 16.2 Å². The lowest BCUT2D eigenvalue weighted by Crippen LogP contribution is -2.02. The van der Waals surface area contributed by atoms with Crippen LogP contribution in [0.3, 0.4) is 0 Å². The molecule has 0 bridgehead atoms. The molecule has 0 saturated heterocycles. The van der Waals surface area contributed by atoms with Crippen LogP contribution in [-0.2, 0) is 0 Å². The number of imidazole rings is 1. The molecule has 3 aromatic rings. The van der Waals surface area contributed by atoms with Gasteiger partial charge >= 0.3 is 0 Å². The molecule has 0 fully saturated rings. The summed E-state index contributed by atoms with van der Waals surface area (Å²) in [6.07, 6.45) is 0. The Hall–Kier alpha value is -2.07. The van der Waals surface area contributed by atoms with E-state index in [1.54, 1.807) is 16.7 Å². The number of benzene rings is 2. The second-order valence-corrected chi connectivity index (χ2v) is 4.75. The Morgan fingerprint density at radius 2 is 2.05 bits per heavy atom. The van der Waals surface area contributed by atoms with Gasteiger partial charge in [-0.15, -0.1) is 0 Å². The molecule has 0 saturated carbocycles. The summed E-state index contributed by atoms with van der Waals surface area (Å²) in [4.78, 5) is 4.27. The van der Waals surface area contributed by atoms with E-state index in [0.717, 1.165) is 16.8 Å². The van der Waals surface area contributed by atoms with Crippen LogP contribution in [0.4, 0.5) is 10.3 Å². The lowest BCUT2D eigenvalue weighted by Gasteiger charge is -2.10. The molecule has 2 aromatic carbocycles. The maximum absolute atomic E-state index is 13.2. The van der Waals surface area contributed by atoms with Crippen molar-refractivity contribution in [1.29, 1.82) is 0 Å². The molecule has 3 rings (SSSR count). The lowest BCUT2D eigenvalue weighted by atomic mass is 10.2. The van der Waals surface area contributed by atoms with Crippen molar-refractivity contribution in [3.05, 3.63) is 52.8 Å². The fraction of sp³-hybridized carbons (Fsp3) is 0.0714. The maximum Gasteiger partial charge on any atom is 0.205 e. The largest absolute Gasteiger partial charge is 0.369 e. The van der Waals surface area contributed by atoms with Crippen molar-refractivity contribution in [3.8, 4) is 5.69 Å². The normalized spacial score (nSPS) is 11.1. The monoisotopic (exact) mass is 275 g/mol. The molecule has 0 atom stereocenters. The van der Waals surface area contributed by atoms with Gasteiger partial charge in [-0.25, -0.2) is 9.37 Å². The van der Waals surface area contributed by atoms with Crippen LogP contribution in [0.25, 0.3) is 16.7 Å². The molecule has 0 aliphatic heterocycles. The Bertz CT molecular complexity index is 780. The van der Waals surface area contributed by atoms with E-state index in [9.17, 15) is 4.39 Å². The van der Waals surface area contributed by atoms with Crippen molar-refractivity contribution in [2.24, 2.45) is 0 Å². The van der Waals surface area contributed by atoms with Crippen molar-refractivity contribution < 1.29 is 4.39 Å². The van der Waals surface area contributed by atoms with Crippen LogP contribution >= 0.6 is 11.6 Å². The third kappa shape index (κ3) is 1.85. The maximum atomic E-state index is 13.2. The predicted molar refractivity (Wildman–Crippen MR) is 75.2 cm³/mol. The first-order chi connectivity index (χ1) is 9.08. The van der Waals surface area contributed by atoms with Gasteiger partial charge in [0.15, 0.2) is 0 Å². The number of halogens is 2. The van der Waals surface area contributed by atoms with Crippen molar-refractivity contribution in [2.45, 2.75) is 6.92 Å². The number of para-hydroxylation sites is 1. The lowest BCUT2D eigenvalue weighted by molar-refractivity contribution is 0.626. The summed E-state index contributed by atoms with van der Waals surface area (Å²) in [6, 6.07) is 10.0. The first kappa shape index (κ1) is 12.0. The number of hydrogen-bond donors (Lipinski definition) is 1. The van der Waals surface area contributed by atoms with Crippen molar-refractivity contribution >= 4 is 28.6 Å². The minimum absolute atomic E-state index is 0.276. The number of nitrogen functional groups attached to an aromatic ring is 1. The smallest absolute Gasteiger partial charge is 0.205 e. The van der Waals surface area contributed by atoms with E-state index in [4.69, 9.17) is 17.3 Å². The quantitative estimate of drug-likeness (QED) is 0.736. The first-order valence-corrected chi connectivity index (χ1v) is 6.14. The van der Waals surface area contributed by atoms with Crippen molar-refractivity contribution in [2.75, 3.05) is 5.73 Å². The van der Waals surface area contributed by atoms with Gasteiger partial charge in [-0.05, 0) is 42.8 Å². The number of aromatic nitrogens is 2. The van der Waals surface area contributed by atoms with Crippen LogP contribution in [0.5, 0.6) is 0 Å². The zero-order valence-electron chi connectivity index (χ0n) is 10.2. The molecular formula is C14H11ClFN3. The molecule has 19 heavy (non-hydrogen) atoms. The van der Waals surface area contributed by atoms with Gasteiger partial charge in [0, 0.05) is 0 Å². The average molecular weight is 276 g/mol. The number of rotatable bonds is 1. The van der Waals surface area contributed by atoms with E-state index in [1.807, 2.05) is 19.1 Å². The number of nitrogens with two attached hydrogens (primary N) is 1. The van der Waals surface area contributed by atoms with Crippen LogP contribution < -0.4 is 5.73 Å². The molecule has 0 spiro atoms. The zero-order valence-corrected chi connectivity index (χ0v) is 10.9. The van der Waals surface area contributed by atoms with Gasteiger partial charge in [0.25, 0.3) is 0 Å². The summed E-state index contributed by atoms with van der Waals surface area (Å²) in [5.74, 6) is 0.0556. The van der Waals surface area contributed by atoms with Crippen LogP contribution in [-0.4, -0.2) is 9.55 Å². The predicted octanol–water partition coefficient (Wildman–Crippen LogP) is 3.71. The second-order valence-electron chi connectivity index (χ2n) is 4.34. The summed E-state index contributed by atoms with van der Waals surface area (Å²) < 4.78 is 15.0. The van der Waals surface area contributed by atoms with Gasteiger partial charge in [0.2, 0.25) is 5.95 Å². The van der Waals surface area contributed by atoms with Crippen LogP contribution in [0.1, 0.15) is 5.56 Å². The molecule has 5 heteroatoms. The van der Waals surface area contributed by atoms with E-state index >= 15 is 0 Å². The number of nitrogens with zero attached hydrogens (tertiary/aromatic N) is 2. The topological polar surface area (TPSA) is 43.8 Å². The Balaban J connectivity index is 2.36. The highest BCUT2D eigenvalue weighted by Crippen LogP contribution is 2.29. The third-order valence-corrected chi connectivity index (χ3v) is 3.37. The van der Waals surface area contributed by atoms with Crippen molar-refractivity contribution in [3.63, 3.8) is 0 Å². The fourth-order valence-corrected chi connectivity index (χ4v) is 2.42. The van der Waals surface area contributed by atoms with Crippen LogP contribution in [0.15, 0.2) is 36.4 Å². The third-order valence-electron chi connectivity index (χ3n) is 3.06. The molecule has 1 aromatic heterocycles. The second kappa shape index (κ2) is 4.24. The van der Waals surface area contributed by atoms with Crippen molar-refractivity contribution in [1.82, 2.24) is 9.55 Å². The Labute approximate surface area is 114 Å².